The summed E-state index contributed by atoms with van der Waals surface area (Å²) in [6.45, 7) is 1.10. The first-order valence-corrected chi connectivity index (χ1v) is 9.08. The fourth-order valence-electron chi connectivity index (χ4n) is 2.82. The van der Waals surface area contributed by atoms with Gasteiger partial charge in [-0.05, 0) is 12.1 Å². The number of benzene rings is 1. The second-order valence-corrected chi connectivity index (χ2v) is 7.14. The molecule has 1 aromatic carbocycles. The van der Waals surface area contributed by atoms with Gasteiger partial charge in [-0.25, -0.2) is 10.0 Å². The molecule has 1 amide bonds. The Morgan fingerprint density at radius 2 is 2.00 bits per heavy atom. The summed E-state index contributed by atoms with van der Waals surface area (Å²) in [5, 5.41) is 10.3. The van der Waals surface area contributed by atoms with Crippen LogP contribution < -0.4 is 9.64 Å². The molecule has 10 heteroatoms. The predicted octanol–water partition coefficient (Wildman–Crippen LogP) is 3.67. The van der Waals surface area contributed by atoms with E-state index in [-0.39, 0.29) is 11.9 Å². The van der Waals surface area contributed by atoms with Crippen LogP contribution in [-0.4, -0.2) is 47.4 Å². The van der Waals surface area contributed by atoms with Crippen molar-refractivity contribution in [1.82, 2.24) is 10.0 Å². The number of para-hydroxylation sites is 1. The van der Waals surface area contributed by atoms with Gasteiger partial charge in [0.05, 0.1) is 11.8 Å². The highest BCUT2D eigenvalue weighted by molar-refractivity contribution is 7.17. The van der Waals surface area contributed by atoms with E-state index < -0.39 is 17.6 Å². The monoisotopic (exact) mass is 401 g/mol. The number of hydrogen-bond donors (Lipinski definition) is 1. The summed E-state index contributed by atoms with van der Waals surface area (Å²) in [4.78, 5) is 18.2. The van der Waals surface area contributed by atoms with Crippen molar-refractivity contribution in [3.05, 3.63) is 40.9 Å². The van der Waals surface area contributed by atoms with E-state index in [9.17, 15) is 23.2 Å². The van der Waals surface area contributed by atoms with Gasteiger partial charge < -0.3 is 9.64 Å². The second kappa shape index (κ2) is 7.73. The summed E-state index contributed by atoms with van der Waals surface area (Å²) < 4.78 is 44.8. The number of piperidine rings is 1. The van der Waals surface area contributed by atoms with Crippen molar-refractivity contribution < 1.29 is 27.9 Å². The molecule has 0 atom stereocenters. The fourth-order valence-corrected chi connectivity index (χ4v) is 3.76. The zero-order valence-corrected chi connectivity index (χ0v) is 15.3. The Hall–Kier alpha value is -2.33. The van der Waals surface area contributed by atoms with E-state index in [1.807, 2.05) is 4.90 Å². The van der Waals surface area contributed by atoms with Crippen LogP contribution >= 0.6 is 11.3 Å². The molecule has 2 aromatic rings. The Balaban J connectivity index is 1.61. The van der Waals surface area contributed by atoms with E-state index in [1.165, 1.54) is 31.4 Å². The van der Waals surface area contributed by atoms with Crippen LogP contribution in [0.5, 0.6) is 5.75 Å². The summed E-state index contributed by atoms with van der Waals surface area (Å²) in [5.74, 6) is -0.697. The average molecular weight is 401 g/mol. The maximum Gasteiger partial charge on any atom is 0.419 e. The molecule has 2 heterocycles. The van der Waals surface area contributed by atoms with E-state index in [0.29, 0.717) is 41.0 Å². The molecule has 0 unspecified atom stereocenters. The second-order valence-electron chi connectivity index (χ2n) is 6.13. The minimum Gasteiger partial charge on any atom is -0.490 e. The lowest BCUT2D eigenvalue weighted by molar-refractivity contribution is -0.139. The van der Waals surface area contributed by atoms with Crippen LogP contribution in [0, 0.1) is 0 Å². The average Bonchev–Trinajstić information content (AvgIpc) is 3.11. The van der Waals surface area contributed by atoms with Gasteiger partial charge in [0.2, 0.25) is 0 Å². The Bertz CT molecular complexity index is 802. The number of carbonyl (C=O) groups is 1. The van der Waals surface area contributed by atoms with E-state index in [4.69, 9.17) is 4.74 Å². The molecule has 1 N–H and O–H groups in total. The third-order valence-electron chi connectivity index (χ3n) is 4.20. The highest BCUT2D eigenvalue weighted by Crippen LogP contribution is 2.37. The molecule has 27 heavy (non-hydrogen) atoms. The predicted molar refractivity (Wildman–Crippen MR) is 93.3 cm³/mol. The van der Waals surface area contributed by atoms with Crippen LogP contribution in [0.15, 0.2) is 30.5 Å². The number of hydrogen-bond acceptors (Lipinski definition) is 6. The molecule has 1 saturated heterocycles. The van der Waals surface area contributed by atoms with Crippen LogP contribution in [0.2, 0.25) is 0 Å². The lowest BCUT2D eigenvalue weighted by atomic mass is 10.1. The first-order valence-electron chi connectivity index (χ1n) is 8.26. The molecule has 1 aliphatic heterocycles. The third kappa shape index (κ3) is 4.51. The smallest absolute Gasteiger partial charge is 0.419 e. The Morgan fingerprint density at radius 1 is 1.33 bits per heavy atom. The normalized spacial score (nSPS) is 15.7. The van der Waals surface area contributed by atoms with Gasteiger partial charge in [0.1, 0.15) is 16.7 Å². The van der Waals surface area contributed by atoms with Gasteiger partial charge in [0.15, 0.2) is 5.13 Å². The molecular weight excluding hydrogens is 383 g/mol. The molecule has 0 aliphatic carbocycles. The number of ether oxygens (including phenoxy) is 1. The van der Waals surface area contributed by atoms with Crippen LogP contribution in [-0.2, 0) is 6.18 Å². The summed E-state index contributed by atoms with van der Waals surface area (Å²) >= 11 is 1.16. The maximum atomic E-state index is 13.1. The lowest BCUT2D eigenvalue weighted by Crippen LogP contribution is -2.38. The zero-order valence-electron chi connectivity index (χ0n) is 14.4. The van der Waals surface area contributed by atoms with Crippen LogP contribution in [0.25, 0.3) is 0 Å². The molecule has 6 nitrogen and oxygen atoms in total. The Labute approximate surface area is 157 Å². The number of aromatic nitrogens is 1. The van der Waals surface area contributed by atoms with E-state index in [1.54, 1.807) is 0 Å². The highest BCUT2D eigenvalue weighted by Gasteiger charge is 2.35. The van der Waals surface area contributed by atoms with Crippen molar-refractivity contribution in [2.75, 3.05) is 25.0 Å². The number of rotatable bonds is 4. The number of hydroxylamine groups is 2. The number of nitrogens with zero attached hydrogens (tertiary/aromatic N) is 3. The first-order chi connectivity index (χ1) is 12.8. The van der Waals surface area contributed by atoms with Gasteiger partial charge in [-0.1, -0.05) is 23.5 Å². The summed E-state index contributed by atoms with van der Waals surface area (Å²) in [5.41, 5.74) is -0.774. The Morgan fingerprint density at radius 3 is 2.63 bits per heavy atom. The van der Waals surface area contributed by atoms with Crippen molar-refractivity contribution in [2.45, 2.75) is 25.1 Å². The first kappa shape index (κ1) is 19.4. The minimum absolute atomic E-state index is 0.156. The number of carbonyl (C=O) groups excluding carboxylic acids is 1. The highest BCUT2D eigenvalue weighted by atomic mass is 32.1. The topological polar surface area (TPSA) is 65.9 Å². The van der Waals surface area contributed by atoms with Crippen LogP contribution in [0.4, 0.5) is 18.3 Å². The minimum atomic E-state index is -4.46. The molecule has 146 valence electrons. The number of amides is 1. The number of anilines is 1. The van der Waals surface area contributed by atoms with Crippen molar-refractivity contribution in [3.8, 4) is 5.75 Å². The van der Waals surface area contributed by atoms with Gasteiger partial charge in [-0.2, -0.15) is 13.2 Å². The standard InChI is InChI=1S/C17H18F3N3O3S/c1-22(25)15(24)14-10-21-16(27-14)23-8-6-11(7-9-23)26-13-5-3-2-4-12(13)17(18,19)20/h2-5,10-11,25H,6-9H2,1H3. The summed E-state index contributed by atoms with van der Waals surface area (Å²) in [6.07, 6.45) is -2.31. The van der Waals surface area contributed by atoms with Crippen molar-refractivity contribution in [1.29, 1.82) is 0 Å². The SMILES string of the molecule is CN(O)C(=O)c1cnc(N2CCC(Oc3ccccc3C(F)(F)F)CC2)s1. The van der Waals surface area contributed by atoms with Crippen molar-refractivity contribution in [2.24, 2.45) is 0 Å². The number of halogens is 3. The summed E-state index contributed by atoms with van der Waals surface area (Å²) in [7, 11) is 1.24. The molecule has 0 radical (unpaired) electrons. The maximum absolute atomic E-state index is 13.1. The van der Waals surface area contributed by atoms with E-state index in [0.717, 1.165) is 17.4 Å². The van der Waals surface area contributed by atoms with Gasteiger partial charge in [0, 0.05) is 33.0 Å². The fraction of sp³-hybridized carbons (Fsp3) is 0.412. The molecule has 1 aromatic heterocycles. The number of thiazole rings is 1. The van der Waals surface area contributed by atoms with Gasteiger partial charge in [-0.3, -0.25) is 10.0 Å². The van der Waals surface area contributed by atoms with Gasteiger partial charge >= 0.3 is 6.18 Å². The van der Waals surface area contributed by atoms with Gasteiger partial charge in [-0.15, -0.1) is 0 Å². The largest absolute Gasteiger partial charge is 0.490 e. The molecule has 0 spiro atoms. The van der Waals surface area contributed by atoms with Gasteiger partial charge in [0.25, 0.3) is 5.91 Å². The molecule has 0 bridgehead atoms. The van der Waals surface area contributed by atoms with E-state index >= 15 is 0 Å². The number of alkyl halides is 3. The lowest BCUT2D eigenvalue weighted by Gasteiger charge is -2.32. The van der Waals surface area contributed by atoms with Crippen LogP contribution in [0.3, 0.4) is 0 Å². The molecule has 1 fully saturated rings. The molecular formula is C17H18F3N3O3S. The zero-order chi connectivity index (χ0) is 19.6. The summed E-state index contributed by atoms with van der Waals surface area (Å²) in [6, 6.07) is 5.20. The van der Waals surface area contributed by atoms with E-state index in [2.05, 4.69) is 4.98 Å². The molecule has 1 aliphatic rings. The quantitative estimate of drug-likeness (QED) is 0.626. The molecule has 0 saturated carbocycles. The van der Waals surface area contributed by atoms with Crippen LogP contribution in [0.1, 0.15) is 28.1 Å². The van der Waals surface area contributed by atoms with Crippen molar-refractivity contribution >= 4 is 22.4 Å². The van der Waals surface area contributed by atoms with Crippen molar-refractivity contribution in [3.63, 3.8) is 0 Å². The third-order valence-corrected chi connectivity index (χ3v) is 5.24. The Kier molecular flexibility index (Phi) is 5.56. The molecule has 3 rings (SSSR count).